The number of hydrogen-bond acceptors (Lipinski definition) is 6. The summed E-state index contributed by atoms with van der Waals surface area (Å²) in [6, 6.07) is 3.22. The van der Waals surface area contributed by atoms with E-state index in [1.807, 2.05) is 4.90 Å². The van der Waals surface area contributed by atoms with E-state index in [-0.39, 0.29) is 11.0 Å². The summed E-state index contributed by atoms with van der Waals surface area (Å²) in [5.74, 6) is 0.552. The summed E-state index contributed by atoms with van der Waals surface area (Å²) in [5, 5.41) is -1.31. The van der Waals surface area contributed by atoms with Crippen molar-refractivity contribution in [1.82, 2.24) is 15.0 Å². The van der Waals surface area contributed by atoms with Crippen molar-refractivity contribution in [3.05, 3.63) is 23.1 Å². The minimum Gasteiger partial charge on any atom is -0.378 e. The topological polar surface area (TPSA) is 109 Å². The van der Waals surface area contributed by atoms with Crippen LogP contribution in [0.4, 0.5) is 5.82 Å². The number of ether oxygens (including phenoxy) is 1. The number of hydrogen-bond donors (Lipinski definition) is 2. The molecule has 1 aliphatic heterocycles. The predicted octanol–water partition coefficient (Wildman–Crippen LogP) is 1.93. The van der Waals surface area contributed by atoms with Crippen molar-refractivity contribution in [3.63, 3.8) is 0 Å². The summed E-state index contributed by atoms with van der Waals surface area (Å²) in [4.78, 5) is 34.1. The van der Waals surface area contributed by atoms with Gasteiger partial charge in [-0.3, -0.25) is 4.57 Å². The van der Waals surface area contributed by atoms with Gasteiger partial charge in [-0.1, -0.05) is 0 Å². The van der Waals surface area contributed by atoms with E-state index in [0.717, 1.165) is 0 Å². The number of morpholine rings is 1. The Balaban J connectivity index is 2.17. The van der Waals surface area contributed by atoms with Gasteiger partial charge in [-0.15, -0.1) is 0 Å². The van der Waals surface area contributed by atoms with Crippen molar-refractivity contribution in [2.45, 2.75) is 19.0 Å². The summed E-state index contributed by atoms with van der Waals surface area (Å²) in [7, 11) is -4.39. The molecule has 3 heterocycles. The van der Waals surface area contributed by atoms with Gasteiger partial charge in [0.05, 0.1) is 24.4 Å². The van der Waals surface area contributed by atoms with Crippen molar-refractivity contribution in [2.24, 2.45) is 0 Å². The Morgan fingerprint density at radius 1 is 1.21 bits per heavy atom. The molecule has 0 bridgehead atoms. The Kier molecular flexibility index (Phi) is 4.53. The number of fused-ring (bicyclic) bond motifs is 1. The first-order valence-corrected chi connectivity index (χ1v) is 9.42. The van der Waals surface area contributed by atoms with Crippen molar-refractivity contribution in [2.75, 3.05) is 31.2 Å². The molecule has 24 heavy (non-hydrogen) atoms. The lowest BCUT2D eigenvalue weighted by molar-refractivity contribution is 0.122. The van der Waals surface area contributed by atoms with Crippen LogP contribution in [-0.2, 0) is 14.5 Å². The maximum absolute atomic E-state index is 11.8. The second-order valence-electron chi connectivity index (χ2n) is 6.08. The lowest BCUT2D eigenvalue weighted by Crippen LogP contribution is -2.37. The summed E-state index contributed by atoms with van der Waals surface area (Å²) in [6.07, 6.45) is 0. The molecule has 3 rings (SSSR count). The molecule has 2 aromatic rings. The van der Waals surface area contributed by atoms with Gasteiger partial charge in [0, 0.05) is 13.1 Å². The van der Waals surface area contributed by atoms with Crippen LogP contribution in [0.5, 0.6) is 0 Å². The Morgan fingerprint density at radius 3 is 2.50 bits per heavy atom. The standard InChI is InChI=1S/C14H18ClN4O4P/c1-14(2,24(20,21)22)10-4-3-9-11(17-10)12(18-13(15)16-9)19-5-7-23-8-6-19/h3-4H,5-8H2,1-2H3,(H2,20,21,22). The second-order valence-corrected chi connectivity index (χ2v) is 8.63. The van der Waals surface area contributed by atoms with Gasteiger partial charge < -0.3 is 19.4 Å². The average Bonchev–Trinajstić information content (AvgIpc) is 2.53. The van der Waals surface area contributed by atoms with Crippen LogP contribution in [0.15, 0.2) is 12.1 Å². The number of pyridine rings is 1. The first kappa shape index (κ1) is 17.5. The molecular weight excluding hydrogens is 355 g/mol. The van der Waals surface area contributed by atoms with E-state index in [1.54, 1.807) is 12.1 Å². The van der Waals surface area contributed by atoms with Crippen molar-refractivity contribution >= 4 is 36.0 Å². The fourth-order valence-corrected chi connectivity index (χ4v) is 3.05. The van der Waals surface area contributed by atoms with Gasteiger partial charge in [-0.25, -0.2) is 9.97 Å². The Labute approximate surface area is 144 Å². The highest BCUT2D eigenvalue weighted by Crippen LogP contribution is 2.56. The highest BCUT2D eigenvalue weighted by molar-refractivity contribution is 7.53. The summed E-state index contributed by atoms with van der Waals surface area (Å²) in [5.41, 5.74) is 1.28. The highest BCUT2D eigenvalue weighted by Gasteiger charge is 2.41. The van der Waals surface area contributed by atoms with Crippen molar-refractivity contribution < 1.29 is 19.1 Å². The zero-order valence-electron chi connectivity index (χ0n) is 13.3. The molecule has 0 aliphatic carbocycles. The molecule has 0 spiro atoms. The third-order valence-electron chi connectivity index (χ3n) is 4.16. The molecule has 2 aromatic heterocycles. The number of halogens is 1. The van der Waals surface area contributed by atoms with Crippen LogP contribution in [0.1, 0.15) is 19.5 Å². The zero-order valence-corrected chi connectivity index (χ0v) is 15.0. The molecule has 1 aliphatic rings. The van der Waals surface area contributed by atoms with E-state index in [9.17, 15) is 14.4 Å². The van der Waals surface area contributed by atoms with Crippen molar-refractivity contribution in [3.8, 4) is 0 Å². The van der Waals surface area contributed by atoms with Gasteiger partial charge in [0.2, 0.25) is 5.28 Å². The number of nitrogens with zero attached hydrogens (tertiary/aromatic N) is 4. The average molecular weight is 373 g/mol. The van der Waals surface area contributed by atoms with Gasteiger partial charge in [-0.2, -0.15) is 4.98 Å². The summed E-state index contributed by atoms with van der Waals surface area (Å²) in [6.45, 7) is 5.33. The Bertz CT molecular complexity index is 820. The molecule has 1 fully saturated rings. The molecule has 8 nitrogen and oxygen atoms in total. The number of anilines is 1. The summed E-state index contributed by atoms with van der Waals surface area (Å²) < 4.78 is 17.2. The smallest absolute Gasteiger partial charge is 0.337 e. The fourth-order valence-electron chi connectivity index (χ4n) is 2.46. The number of aromatic nitrogens is 3. The molecular formula is C14H18ClN4O4P. The SMILES string of the molecule is CC(C)(c1ccc2nc(Cl)nc(N3CCOCC3)c2n1)P(=O)(O)O. The molecule has 0 saturated carbocycles. The van der Waals surface area contributed by atoms with E-state index in [4.69, 9.17) is 16.3 Å². The zero-order chi connectivity index (χ0) is 17.5. The first-order chi connectivity index (χ1) is 11.2. The minimum absolute atomic E-state index is 0.104. The molecule has 1 saturated heterocycles. The van der Waals surface area contributed by atoms with E-state index < -0.39 is 12.8 Å². The van der Waals surface area contributed by atoms with Crippen LogP contribution in [0.2, 0.25) is 5.28 Å². The van der Waals surface area contributed by atoms with Crippen LogP contribution in [-0.4, -0.2) is 51.0 Å². The van der Waals surface area contributed by atoms with Gasteiger partial charge in [0.15, 0.2) is 5.82 Å². The van der Waals surface area contributed by atoms with Gasteiger partial charge in [0.1, 0.15) is 10.7 Å². The van der Waals surface area contributed by atoms with Crippen LogP contribution in [0.25, 0.3) is 11.0 Å². The Hall–Kier alpha value is -1.31. The first-order valence-electron chi connectivity index (χ1n) is 7.43. The molecule has 0 aromatic carbocycles. The van der Waals surface area contributed by atoms with Crippen LogP contribution in [0.3, 0.4) is 0 Å². The molecule has 0 atom stereocenters. The van der Waals surface area contributed by atoms with E-state index >= 15 is 0 Å². The van der Waals surface area contributed by atoms with Crippen molar-refractivity contribution in [1.29, 1.82) is 0 Å². The highest BCUT2D eigenvalue weighted by atomic mass is 35.5. The molecule has 0 amide bonds. The van der Waals surface area contributed by atoms with Crippen LogP contribution < -0.4 is 4.90 Å². The maximum atomic E-state index is 11.8. The van der Waals surface area contributed by atoms with E-state index in [0.29, 0.717) is 43.2 Å². The molecule has 2 N–H and O–H groups in total. The quantitative estimate of drug-likeness (QED) is 0.621. The minimum atomic E-state index is -4.39. The Morgan fingerprint density at radius 2 is 1.88 bits per heavy atom. The molecule has 10 heteroatoms. The largest absolute Gasteiger partial charge is 0.378 e. The summed E-state index contributed by atoms with van der Waals surface area (Å²) >= 11 is 6.01. The van der Waals surface area contributed by atoms with Gasteiger partial charge >= 0.3 is 7.60 Å². The molecule has 0 radical (unpaired) electrons. The lowest BCUT2D eigenvalue weighted by atomic mass is 10.1. The fraction of sp³-hybridized carbons (Fsp3) is 0.500. The monoisotopic (exact) mass is 372 g/mol. The predicted molar refractivity (Wildman–Crippen MR) is 90.4 cm³/mol. The third-order valence-corrected chi connectivity index (χ3v) is 6.02. The van der Waals surface area contributed by atoms with Crippen LogP contribution >= 0.6 is 19.2 Å². The van der Waals surface area contributed by atoms with E-state index in [1.165, 1.54) is 13.8 Å². The molecule has 130 valence electrons. The number of rotatable bonds is 3. The molecule has 0 unspecified atom stereocenters. The third kappa shape index (κ3) is 3.12. The van der Waals surface area contributed by atoms with Gasteiger partial charge in [0.25, 0.3) is 0 Å². The maximum Gasteiger partial charge on any atom is 0.337 e. The normalized spacial score (nSPS) is 16.6. The van der Waals surface area contributed by atoms with Crippen LogP contribution in [0, 0.1) is 0 Å². The lowest BCUT2D eigenvalue weighted by Gasteiger charge is -2.29. The second kappa shape index (κ2) is 6.20. The van der Waals surface area contributed by atoms with E-state index in [2.05, 4.69) is 15.0 Å². The van der Waals surface area contributed by atoms with Gasteiger partial charge in [-0.05, 0) is 37.6 Å².